The summed E-state index contributed by atoms with van der Waals surface area (Å²) in [5, 5.41) is 3.39. The van der Waals surface area contributed by atoms with E-state index in [1.54, 1.807) is 18.2 Å². The van der Waals surface area contributed by atoms with E-state index in [0.717, 1.165) is 117 Å². The standard InChI is InChI=1S/3C40H25N3O2/c44-37-33-21-11-12-22-35(33)45-36-24-23-28(25-34(36)37)29-17-7-8-18-30(29)31-19-9-10-20-32(31)40-42-38(26-13-3-1-4-14-26)41-39(43-40)27-15-5-2-6-16-27;44-37-33-20-9-10-21-35(33)45-36-23-22-29(25-34(36)37)32-19-8-7-18-31(32)28-16-11-17-30(24-28)40-42-38(26-12-3-1-4-13-26)41-39(43-40)27-14-5-2-6-15-27;44-37-33-17-9-10-18-35(33)45-36-24-23-30(25-34(36)37)32-16-8-7-15-31(32)26-19-21-29(22-20-26)40-42-38(27-11-3-1-4-12-27)41-39(43-40)28-13-5-2-6-14-28/h3*1-25H. The van der Waals surface area contributed by atoms with E-state index in [1.165, 1.54) is 0 Å². The van der Waals surface area contributed by atoms with Gasteiger partial charge in [-0.25, -0.2) is 44.9 Å². The lowest BCUT2D eigenvalue weighted by Gasteiger charge is -2.15. The fourth-order valence-corrected chi connectivity index (χ4v) is 17.2. The zero-order chi connectivity index (χ0) is 90.5. The molecule has 0 aliphatic carbocycles. The number of para-hydroxylation sites is 3. The Morgan fingerprint density at radius 1 is 0.126 bits per heavy atom. The van der Waals surface area contributed by atoms with Crippen molar-refractivity contribution < 1.29 is 13.3 Å². The Kier molecular flexibility index (Phi) is 22.2. The molecule has 6 heterocycles. The summed E-state index contributed by atoms with van der Waals surface area (Å²) < 4.78 is 18.2. The van der Waals surface area contributed by atoms with E-state index in [1.807, 2.05) is 370 Å². The molecule has 0 radical (unpaired) electrons. The molecule has 6 aromatic heterocycles. The predicted octanol–water partition coefficient (Wildman–Crippen LogP) is 28.4. The van der Waals surface area contributed by atoms with E-state index in [-0.39, 0.29) is 16.3 Å². The average molecular weight is 1740 g/mol. The van der Waals surface area contributed by atoms with Crippen molar-refractivity contribution >= 4 is 65.8 Å². The van der Waals surface area contributed by atoms with Gasteiger partial charge in [-0.2, -0.15) is 0 Å². The van der Waals surface area contributed by atoms with E-state index in [0.29, 0.717) is 118 Å². The van der Waals surface area contributed by atoms with E-state index in [2.05, 4.69) is 66.7 Å². The molecule has 0 N–H and O–H groups in total. The molecule has 0 saturated heterocycles. The van der Waals surface area contributed by atoms with Gasteiger partial charge in [-0.3, -0.25) is 14.4 Å². The van der Waals surface area contributed by atoms with Crippen molar-refractivity contribution in [3.8, 4) is 169 Å². The fourth-order valence-electron chi connectivity index (χ4n) is 17.2. The van der Waals surface area contributed by atoms with Gasteiger partial charge in [0.05, 0.1) is 32.3 Å². The lowest BCUT2D eigenvalue weighted by molar-refractivity contribution is 0.659. The second kappa shape index (κ2) is 36.5. The van der Waals surface area contributed by atoms with Crippen LogP contribution >= 0.6 is 0 Å². The van der Waals surface area contributed by atoms with Crippen LogP contribution in [-0.4, -0.2) is 44.9 Å². The highest BCUT2D eigenvalue weighted by Crippen LogP contribution is 2.42. The van der Waals surface area contributed by atoms with Gasteiger partial charge in [0.1, 0.15) is 33.5 Å². The van der Waals surface area contributed by atoms with Gasteiger partial charge < -0.3 is 13.3 Å². The smallest absolute Gasteiger partial charge is 0.200 e. The van der Waals surface area contributed by atoms with Crippen molar-refractivity contribution in [3.63, 3.8) is 0 Å². The Hall–Kier alpha value is -18.6. The number of aromatic nitrogens is 9. The Morgan fingerprint density at radius 2 is 0.319 bits per heavy atom. The molecule has 0 spiro atoms. The van der Waals surface area contributed by atoms with Gasteiger partial charge >= 0.3 is 0 Å². The van der Waals surface area contributed by atoms with Crippen molar-refractivity contribution in [2.45, 2.75) is 0 Å². The van der Waals surface area contributed by atoms with Gasteiger partial charge in [-0.1, -0.05) is 376 Å². The Bertz CT molecular complexity index is 8640. The third-order valence-corrected chi connectivity index (χ3v) is 23.9. The van der Waals surface area contributed by atoms with Gasteiger partial charge in [-0.15, -0.1) is 0 Å². The number of rotatable bonds is 15. The lowest BCUT2D eigenvalue weighted by atomic mass is 9.91. The number of fused-ring (bicyclic) bond motifs is 6. The maximum absolute atomic E-state index is 13.5. The number of nitrogens with zero attached hydrogens (tertiary/aromatic N) is 9. The molecule has 0 bridgehead atoms. The van der Waals surface area contributed by atoms with E-state index >= 15 is 0 Å². The summed E-state index contributed by atoms with van der Waals surface area (Å²) in [6.45, 7) is 0. The van der Waals surface area contributed by atoms with E-state index in [9.17, 15) is 14.4 Å². The minimum atomic E-state index is -0.0429. The zero-order valence-electron chi connectivity index (χ0n) is 72.3. The van der Waals surface area contributed by atoms with Crippen LogP contribution in [0, 0.1) is 0 Å². The van der Waals surface area contributed by atoms with Crippen LogP contribution < -0.4 is 16.3 Å². The first-order chi connectivity index (χ1) is 66.6. The largest absolute Gasteiger partial charge is 0.456 e. The molecule has 636 valence electrons. The Balaban J connectivity index is 0.000000118. The minimum absolute atomic E-state index is 0.0300. The minimum Gasteiger partial charge on any atom is -0.456 e. The summed E-state index contributed by atoms with van der Waals surface area (Å²) in [5.41, 5.74) is 23.5. The molecule has 0 aliphatic heterocycles. The van der Waals surface area contributed by atoms with Gasteiger partial charge in [-0.05, 0) is 146 Å². The molecule has 0 unspecified atom stereocenters. The normalized spacial score (nSPS) is 11.2. The maximum atomic E-state index is 13.5. The molecular weight excluding hydrogens is 1660 g/mol. The van der Waals surface area contributed by atoms with E-state index in [4.69, 9.17) is 58.1 Å². The van der Waals surface area contributed by atoms with Crippen LogP contribution in [0.2, 0.25) is 0 Å². The zero-order valence-corrected chi connectivity index (χ0v) is 72.3. The number of hydrogen-bond donors (Lipinski definition) is 0. The highest BCUT2D eigenvalue weighted by Gasteiger charge is 2.23. The van der Waals surface area contributed by atoms with Crippen molar-refractivity contribution in [2.75, 3.05) is 0 Å². The molecule has 24 rings (SSSR count). The summed E-state index contributed by atoms with van der Waals surface area (Å²) in [6, 6.07) is 149. The number of hydrogen-bond acceptors (Lipinski definition) is 15. The highest BCUT2D eigenvalue weighted by atomic mass is 16.3. The second-order valence-corrected chi connectivity index (χ2v) is 32.4. The third kappa shape index (κ3) is 16.8. The molecule has 0 atom stereocenters. The van der Waals surface area contributed by atoms with E-state index < -0.39 is 0 Å². The quantitative estimate of drug-likeness (QED) is 0.0875. The van der Waals surface area contributed by atoms with Crippen LogP contribution in [0.4, 0.5) is 0 Å². The maximum Gasteiger partial charge on any atom is 0.200 e. The van der Waals surface area contributed by atoms with Crippen LogP contribution in [0.5, 0.6) is 0 Å². The van der Waals surface area contributed by atoms with Crippen molar-refractivity contribution in [1.29, 1.82) is 0 Å². The Labute approximate surface area is 773 Å². The molecule has 15 heteroatoms. The molecule has 0 aliphatic rings. The third-order valence-electron chi connectivity index (χ3n) is 23.9. The highest BCUT2D eigenvalue weighted by molar-refractivity contribution is 5.99. The lowest BCUT2D eigenvalue weighted by Crippen LogP contribution is -2.02. The first kappa shape index (κ1) is 82.1. The molecule has 18 aromatic carbocycles. The van der Waals surface area contributed by atoms with Gasteiger partial charge in [0, 0.05) is 50.1 Å². The monoisotopic (exact) mass is 1740 g/mol. The molecule has 24 aromatic rings. The van der Waals surface area contributed by atoms with Crippen LogP contribution in [0.25, 0.3) is 235 Å². The Morgan fingerprint density at radius 3 is 0.637 bits per heavy atom. The summed E-state index contributed by atoms with van der Waals surface area (Å²) in [4.78, 5) is 84.3. The topological polar surface area (TPSA) is 207 Å². The van der Waals surface area contributed by atoms with Crippen LogP contribution in [0.15, 0.2) is 483 Å². The van der Waals surface area contributed by atoms with Crippen LogP contribution in [0.1, 0.15) is 0 Å². The van der Waals surface area contributed by atoms with Crippen molar-refractivity contribution in [1.82, 2.24) is 44.9 Å². The van der Waals surface area contributed by atoms with Gasteiger partial charge in [0.25, 0.3) is 0 Å². The number of benzene rings is 18. The first-order valence-corrected chi connectivity index (χ1v) is 44.2. The molecule has 0 amide bonds. The van der Waals surface area contributed by atoms with Crippen molar-refractivity contribution in [2.24, 2.45) is 0 Å². The molecule has 0 saturated carbocycles. The molecule has 0 fully saturated rings. The summed E-state index contributed by atoms with van der Waals surface area (Å²) >= 11 is 0. The van der Waals surface area contributed by atoms with Gasteiger partial charge in [0.2, 0.25) is 16.3 Å². The SMILES string of the molecule is O=c1c2ccccc2oc2ccc(-c3ccccc3-c3ccc(-c4nc(-c5ccccc5)nc(-c5ccccc5)n4)cc3)cc12.O=c1c2ccccc2oc2ccc(-c3ccccc3-c3cccc(-c4nc(-c5ccccc5)nc(-c5ccccc5)n4)c3)cc12.O=c1c2ccccc2oc2ccc(-c3ccccc3-c3ccccc3-c3nc(-c4ccccc4)nc(-c4ccccc4)n3)cc12. The second-order valence-electron chi connectivity index (χ2n) is 32.4. The summed E-state index contributed by atoms with van der Waals surface area (Å²) in [6.07, 6.45) is 0. The predicted molar refractivity (Wildman–Crippen MR) is 542 cm³/mol. The summed E-state index contributed by atoms with van der Waals surface area (Å²) in [7, 11) is 0. The van der Waals surface area contributed by atoms with Gasteiger partial charge in [0.15, 0.2) is 52.4 Å². The molecule has 15 nitrogen and oxygen atoms in total. The van der Waals surface area contributed by atoms with Crippen LogP contribution in [-0.2, 0) is 0 Å². The first-order valence-electron chi connectivity index (χ1n) is 44.2. The van der Waals surface area contributed by atoms with Crippen molar-refractivity contribution in [3.05, 3.63) is 486 Å². The molecular formula is C120H75N9O6. The van der Waals surface area contributed by atoms with Crippen LogP contribution in [0.3, 0.4) is 0 Å². The fraction of sp³-hybridized carbons (Fsp3) is 0. The molecule has 135 heavy (non-hydrogen) atoms. The average Bonchev–Trinajstić information content (AvgIpc) is 0.743. The summed E-state index contributed by atoms with van der Waals surface area (Å²) in [5.74, 6) is 5.49.